The summed E-state index contributed by atoms with van der Waals surface area (Å²) in [6, 6.07) is 10.7. The number of aromatic nitrogens is 1. The summed E-state index contributed by atoms with van der Waals surface area (Å²) in [6.45, 7) is 8.56. The molecule has 3 aromatic rings. The van der Waals surface area contributed by atoms with Crippen molar-refractivity contribution in [3.63, 3.8) is 0 Å². The quantitative estimate of drug-likeness (QED) is 0.368. The molecule has 0 aliphatic carbocycles. The standard InChI is InChI=1S/C22H26N4O3S2/c1-4-26(5-2)12-18-10-11-19(29-18)21(28)25-24-20(27)17-8-6-16(7-9-17)14-31-22-23-15(3)13-30-22/h6-11,13H,4-5,12,14H2,1-3H3,(H,24,27)(H,25,28). The summed E-state index contributed by atoms with van der Waals surface area (Å²) < 4.78 is 6.61. The Morgan fingerprint density at radius 1 is 1.06 bits per heavy atom. The van der Waals surface area contributed by atoms with Crippen LogP contribution in [0.15, 0.2) is 50.5 Å². The SMILES string of the molecule is CCN(CC)Cc1ccc(C(=O)NNC(=O)c2ccc(CSc3nc(C)cs3)cc2)o1. The fourth-order valence-corrected chi connectivity index (χ4v) is 4.60. The lowest BCUT2D eigenvalue weighted by Crippen LogP contribution is -2.41. The number of nitrogens with one attached hydrogen (secondary N) is 2. The highest BCUT2D eigenvalue weighted by molar-refractivity contribution is 8.00. The summed E-state index contributed by atoms with van der Waals surface area (Å²) in [5.41, 5.74) is 7.40. The van der Waals surface area contributed by atoms with E-state index in [-0.39, 0.29) is 5.76 Å². The van der Waals surface area contributed by atoms with E-state index in [1.165, 1.54) is 0 Å². The predicted molar refractivity (Wildman–Crippen MR) is 123 cm³/mol. The van der Waals surface area contributed by atoms with Gasteiger partial charge in [-0.25, -0.2) is 4.98 Å². The number of carbonyl (C=O) groups excluding carboxylic acids is 2. The molecule has 9 heteroatoms. The molecule has 2 aromatic heterocycles. The Hall–Kier alpha value is -2.62. The first-order valence-electron chi connectivity index (χ1n) is 10.0. The molecule has 31 heavy (non-hydrogen) atoms. The van der Waals surface area contributed by atoms with Crippen molar-refractivity contribution >= 4 is 34.9 Å². The molecular weight excluding hydrogens is 432 g/mol. The molecule has 0 saturated heterocycles. The average molecular weight is 459 g/mol. The van der Waals surface area contributed by atoms with Crippen molar-refractivity contribution in [2.45, 2.75) is 37.4 Å². The van der Waals surface area contributed by atoms with Gasteiger partial charge in [-0.2, -0.15) is 0 Å². The van der Waals surface area contributed by atoms with Gasteiger partial charge in [0.15, 0.2) is 5.76 Å². The molecule has 0 aliphatic rings. The van der Waals surface area contributed by atoms with Crippen molar-refractivity contribution in [1.29, 1.82) is 0 Å². The Bertz CT molecular complexity index is 1010. The summed E-state index contributed by atoms with van der Waals surface area (Å²) in [6.07, 6.45) is 0. The lowest BCUT2D eigenvalue weighted by atomic mass is 10.1. The number of benzene rings is 1. The summed E-state index contributed by atoms with van der Waals surface area (Å²) >= 11 is 3.29. The maximum absolute atomic E-state index is 12.3. The topological polar surface area (TPSA) is 87.5 Å². The van der Waals surface area contributed by atoms with Gasteiger partial charge in [0.1, 0.15) is 10.1 Å². The second-order valence-electron chi connectivity index (χ2n) is 6.88. The number of rotatable bonds is 9. The zero-order chi connectivity index (χ0) is 22.2. The number of furan rings is 1. The van der Waals surface area contributed by atoms with E-state index in [1.54, 1.807) is 47.4 Å². The van der Waals surface area contributed by atoms with Crippen molar-refractivity contribution in [2.75, 3.05) is 13.1 Å². The summed E-state index contributed by atoms with van der Waals surface area (Å²) in [5.74, 6) is 0.762. The monoisotopic (exact) mass is 458 g/mol. The minimum Gasteiger partial charge on any atom is -0.454 e. The minimum atomic E-state index is -0.495. The van der Waals surface area contributed by atoms with Gasteiger partial charge in [0.25, 0.3) is 5.91 Å². The van der Waals surface area contributed by atoms with Crippen molar-refractivity contribution in [3.05, 3.63) is 70.1 Å². The first-order valence-corrected chi connectivity index (χ1v) is 11.9. The zero-order valence-corrected chi connectivity index (χ0v) is 19.4. The molecule has 3 rings (SSSR count). The molecule has 0 aliphatic heterocycles. The molecule has 0 fully saturated rings. The molecule has 2 N–H and O–H groups in total. The Morgan fingerprint density at radius 2 is 1.77 bits per heavy atom. The van der Waals surface area contributed by atoms with E-state index < -0.39 is 11.8 Å². The molecule has 2 amide bonds. The molecular formula is C22H26N4O3S2. The summed E-state index contributed by atoms with van der Waals surface area (Å²) in [7, 11) is 0. The van der Waals surface area contributed by atoms with Crippen molar-refractivity contribution in [2.24, 2.45) is 0 Å². The Kier molecular flexibility index (Phi) is 8.27. The summed E-state index contributed by atoms with van der Waals surface area (Å²) in [5, 5.41) is 2.03. The van der Waals surface area contributed by atoms with Gasteiger partial charge < -0.3 is 4.42 Å². The van der Waals surface area contributed by atoms with E-state index in [9.17, 15) is 9.59 Å². The van der Waals surface area contributed by atoms with E-state index in [0.717, 1.165) is 34.4 Å². The molecule has 164 valence electrons. The number of nitrogens with zero attached hydrogens (tertiary/aromatic N) is 2. The van der Waals surface area contributed by atoms with Crippen LogP contribution in [0.2, 0.25) is 0 Å². The molecule has 0 radical (unpaired) electrons. The fraction of sp³-hybridized carbons (Fsp3) is 0.318. The number of hydrogen-bond donors (Lipinski definition) is 2. The number of hydrazine groups is 1. The van der Waals surface area contributed by atoms with Crippen LogP contribution >= 0.6 is 23.1 Å². The van der Waals surface area contributed by atoms with Crippen LogP contribution in [-0.2, 0) is 12.3 Å². The second-order valence-corrected chi connectivity index (χ2v) is 8.96. The van der Waals surface area contributed by atoms with Gasteiger partial charge in [-0.3, -0.25) is 25.3 Å². The lowest BCUT2D eigenvalue weighted by molar-refractivity contribution is 0.0829. The molecule has 0 unspecified atom stereocenters. The number of thiazole rings is 1. The lowest BCUT2D eigenvalue weighted by Gasteiger charge is -2.15. The highest BCUT2D eigenvalue weighted by Gasteiger charge is 2.14. The first kappa shape index (κ1) is 23.1. The van der Waals surface area contributed by atoms with Gasteiger partial charge in [-0.05, 0) is 49.8 Å². The molecule has 0 bridgehead atoms. The Labute approximate surface area is 190 Å². The number of thioether (sulfide) groups is 1. The molecule has 2 heterocycles. The van der Waals surface area contributed by atoms with Crippen LogP contribution in [0.1, 0.15) is 51.8 Å². The summed E-state index contributed by atoms with van der Waals surface area (Å²) in [4.78, 5) is 31.2. The highest BCUT2D eigenvalue weighted by atomic mass is 32.2. The van der Waals surface area contributed by atoms with Gasteiger partial charge in [0.05, 0.1) is 6.54 Å². The normalized spacial score (nSPS) is 11.0. The van der Waals surface area contributed by atoms with E-state index >= 15 is 0 Å². The largest absolute Gasteiger partial charge is 0.454 e. The predicted octanol–water partition coefficient (Wildman–Crippen LogP) is 4.25. The molecule has 0 saturated carbocycles. The zero-order valence-electron chi connectivity index (χ0n) is 17.8. The molecule has 7 nitrogen and oxygen atoms in total. The number of amides is 2. The maximum Gasteiger partial charge on any atom is 0.305 e. The van der Waals surface area contributed by atoms with Crippen molar-refractivity contribution in [3.8, 4) is 0 Å². The van der Waals surface area contributed by atoms with Crippen LogP contribution in [0, 0.1) is 6.92 Å². The Morgan fingerprint density at radius 3 is 2.42 bits per heavy atom. The number of aryl methyl sites for hydroxylation is 1. The van der Waals surface area contributed by atoms with Crippen LogP contribution < -0.4 is 10.9 Å². The van der Waals surface area contributed by atoms with Gasteiger partial charge in [-0.1, -0.05) is 37.7 Å². The van der Waals surface area contributed by atoms with E-state index in [1.807, 2.05) is 24.4 Å². The van der Waals surface area contributed by atoms with Gasteiger partial charge in [0, 0.05) is 22.4 Å². The number of hydrogen-bond acceptors (Lipinski definition) is 7. The second kappa shape index (κ2) is 11.1. The minimum absolute atomic E-state index is 0.159. The fourth-order valence-electron chi connectivity index (χ4n) is 2.80. The molecule has 1 aromatic carbocycles. The van der Waals surface area contributed by atoms with Gasteiger partial charge in [-0.15, -0.1) is 11.3 Å². The third kappa shape index (κ3) is 6.68. The van der Waals surface area contributed by atoms with Gasteiger partial charge >= 0.3 is 5.91 Å². The van der Waals surface area contributed by atoms with Crippen LogP contribution in [0.25, 0.3) is 0 Å². The average Bonchev–Trinajstić information content (AvgIpc) is 3.43. The third-order valence-corrected chi connectivity index (χ3v) is 6.84. The van der Waals surface area contributed by atoms with Crippen LogP contribution in [-0.4, -0.2) is 34.8 Å². The van der Waals surface area contributed by atoms with Crippen LogP contribution in [0.3, 0.4) is 0 Å². The first-order chi connectivity index (χ1) is 15.0. The Balaban J connectivity index is 1.47. The van der Waals surface area contributed by atoms with E-state index in [4.69, 9.17) is 4.42 Å². The third-order valence-electron chi connectivity index (χ3n) is 4.63. The highest BCUT2D eigenvalue weighted by Crippen LogP contribution is 2.26. The van der Waals surface area contributed by atoms with Crippen LogP contribution in [0.5, 0.6) is 0 Å². The number of carbonyl (C=O) groups is 2. The molecule has 0 atom stereocenters. The van der Waals surface area contributed by atoms with Gasteiger partial charge in [0.2, 0.25) is 0 Å². The van der Waals surface area contributed by atoms with Crippen LogP contribution in [0.4, 0.5) is 0 Å². The maximum atomic E-state index is 12.3. The van der Waals surface area contributed by atoms with E-state index in [0.29, 0.717) is 17.9 Å². The van der Waals surface area contributed by atoms with E-state index in [2.05, 4.69) is 34.6 Å². The van der Waals surface area contributed by atoms with Crippen molar-refractivity contribution < 1.29 is 14.0 Å². The molecule has 0 spiro atoms. The smallest absolute Gasteiger partial charge is 0.305 e. The van der Waals surface area contributed by atoms with Crippen molar-refractivity contribution in [1.82, 2.24) is 20.7 Å².